The Bertz CT molecular complexity index is 584. The van der Waals surface area contributed by atoms with Crippen molar-refractivity contribution in [3.63, 3.8) is 0 Å². The summed E-state index contributed by atoms with van der Waals surface area (Å²) in [5, 5.41) is 8.93. The number of rotatable bonds is 3. The topological polar surface area (TPSA) is 89.1 Å². The Hall–Kier alpha value is -2.08. The summed E-state index contributed by atoms with van der Waals surface area (Å²) < 4.78 is 0. The number of thioether (sulfide) groups is 1. The summed E-state index contributed by atoms with van der Waals surface area (Å²) in [7, 11) is 0. The maximum Gasteiger partial charge on any atom is 0.358 e. The standard InChI is InChI=1S/C12H11N3O2S/c1-18-8-4-2-7(3-5-8)9-6-14-11(13)10(15-9)12(16)17/h2-6H,1H3,(H2,13,14)(H,16,17). The van der Waals surface area contributed by atoms with E-state index in [9.17, 15) is 4.79 Å². The van der Waals surface area contributed by atoms with Gasteiger partial charge in [-0.3, -0.25) is 0 Å². The van der Waals surface area contributed by atoms with E-state index >= 15 is 0 Å². The highest BCUT2D eigenvalue weighted by molar-refractivity contribution is 7.98. The number of carbonyl (C=O) groups is 1. The molecule has 92 valence electrons. The molecule has 2 aromatic rings. The lowest BCUT2D eigenvalue weighted by Crippen LogP contribution is -2.08. The summed E-state index contributed by atoms with van der Waals surface area (Å²) in [6.45, 7) is 0. The van der Waals surface area contributed by atoms with Crippen LogP contribution in [0.15, 0.2) is 35.4 Å². The number of benzene rings is 1. The van der Waals surface area contributed by atoms with Crippen LogP contribution in [-0.4, -0.2) is 27.3 Å². The van der Waals surface area contributed by atoms with E-state index in [-0.39, 0.29) is 11.5 Å². The average Bonchev–Trinajstić information content (AvgIpc) is 2.39. The molecule has 0 saturated heterocycles. The van der Waals surface area contributed by atoms with Crippen LogP contribution in [0.25, 0.3) is 11.3 Å². The van der Waals surface area contributed by atoms with Crippen LogP contribution in [0.5, 0.6) is 0 Å². The van der Waals surface area contributed by atoms with Gasteiger partial charge in [-0.15, -0.1) is 11.8 Å². The first-order chi connectivity index (χ1) is 8.61. The van der Waals surface area contributed by atoms with Crippen LogP contribution in [0.4, 0.5) is 5.82 Å². The second kappa shape index (κ2) is 5.05. The quantitative estimate of drug-likeness (QED) is 0.823. The fourth-order valence-electron chi connectivity index (χ4n) is 1.46. The smallest absolute Gasteiger partial charge is 0.358 e. The molecular formula is C12H11N3O2S. The van der Waals surface area contributed by atoms with Gasteiger partial charge in [-0.2, -0.15) is 0 Å². The SMILES string of the molecule is CSc1ccc(-c2cnc(N)c(C(=O)O)n2)cc1. The highest BCUT2D eigenvalue weighted by atomic mass is 32.2. The fourth-order valence-corrected chi connectivity index (χ4v) is 1.86. The largest absolute Gasteiger partial charge is 0.476 e. The van der Waals surface area contributed by atoms with E-state index in [1.54, 1.807) is 11.8 Å². The van der Waals surface area contributed by atoms with Crippen molar-refractivity contribution in [3.05, 3.63) is 36.2 Å². The van der Waals surface area contributed by atoms with Gasteiger partial charge in [-0.25, -0.2) is 14.8 Å². The first kappa shape index (κ1) is 12.4. The Morgan fingerprint density at radius 3 is 2.56 bits per heavy atom. The summed E-state index contributed by atoms with van der Waals surface area (Å²) in [4.78, 5) is 19.9. The van der Waals surface area contributed by atoms with E-state index in [0.29, 0.717) is 5.69 Å². The molecule has 0 aliphatic carbocycles. The first-order valence-electron chi connectivity index (χ1n) is 5.12. The monoisotopic (exact) mass is 261 g/mol. The minimum Gasteiger partial charge on any atom is -0.476 e. The lowest BCUT2D eigenvalue weighted by molar-refractivity contribution is 0.0691. The zero-order chi connectivity index (χ0) is 13.1. The Kier molecular flexibility index (Phi) is 3.47. The van der Waals surface area contributed by atoms with Gasteiger partial charge in [-0.1, -0.05) is 12.1 Å². The maximum absolute atomic E-state index is 10.9. The second-order valence-electron chi connectivity index (χ2n) is 3.52. The number of nitrogens with zero attached hydrogens (tertiary/aromatic N) is 2. The number of aromatic nitrogens is 2. The molecule has 0 fully saturated rings. The van der Waals surface area contributed by atoms with Gasteiger partial charge < -0.3 is 10.8 Å². The van der Waals surface area contributed by atoms with Gasteiger partial charge in [0, 0.05) is 10.5 Å². The van der Waals surface area contributed by atoms with Crippen molar-refractivity contribution < 1.29 is 9.90 Å². The van der Waals surface area contributed by atoms with Gasteiger partial charge in [-0.05, 0) is 18.4 Å². The van der Waals surface area contributed by atoms with E-state index < -0.39 is 5.97 Å². The average molecular weight is 261 g/mol. The Morgan fingerprint density at radius 2 is 2.00 bits per heavy atom. The van der Waals surface area contributed by atoms with Crippen molar-refractivity contribution >= 4 is 23.5 Å². The number of carboxylic acid groups (broad SMARTS) is 1. The number of nitrogens with two attached hydrogens (primary N) is 1. The number of hydrogen-bond donors (Lipinski definition) is 2. The molecule has 0 unspecified atom stereocenters. The molecule has 0 aliphatic rings. The van der Waals surface area contributed by atoms with E-state index in [1.165, 1.54) is 6.20 Å². The number of anilines is 1. The van der Waals surface area contributed by atoms with E-state index in [1.807, 2.05) is 30.5 Å². The highest BCUT2D eigenvalue weighted by Crippen LogP contribution is 2.22. The molecule has 0 radical (unpaired) electrons. The predicted molar refractivity (Wildman–Crippen MR) is 70.6 cm³/mol. The molecule has 0 bridgehead atoms. The number of carboxylic acids is 1. The van der Waals surface area contributed by atoms with Crippen LogP contribution >= 0.6 is 11.8 Å². The van der Waals surface area contributed by atoms with Crippen molar-refractivity contribution in [3.8, 4) is 11.3 Å². The Labute approximate surface area is 108 Å². The van der Waals surface area contributed by atoms with Gasteiger partial charge >= 0.3 is 5.97 Å². The highest BCUT2D eigenvalue weighted by Gasteiger charge is 2.12. The van der Waals surface area contributed by atoms with Crippen LogP contribution < -0.4 is 5.73 Å². The van der Waals surface area contributed by atoms with Crippen molar-refractivity contribution in [1.29, 1.82) is 0 Å². The van der Waals surface area contributed by atoms with Crippen LogP contribution in [0, 0.1) is 0 Å². The minimum absolute atomic E-state index is 0.0769. The molecule has 0 atom stereocenters. The molecule has 1 aromatic carbocycles. The van der Waals surface area contributed by atoms with Crippen LogP contribution in [0.2, 0.25) is 0 Å². The van der Waals surface area contributed by atoms with E-state index in [0.717, 1.165) is 10.5 Å². The van der Waals surface area contributed by atoms with Crippen molar-refractivity contribution in [2.24, 2.45) is 0 Å². The molecule has 18 heavy (non-hydrogen) atoms. The molecule has 0 saturated carbocycles. The molecule has 0 aliphatic heterocycles. The van der Waals surface area contributed by atoms with Crippen molar-refractivity contribution in [1.82, 2.24) is 9.97 Å². The summed E-state index contributed by atoms with van der Waals surface area (Å²) >= 11 is 1.63. The molecule has 0 amide bonds. The summed E-state index contributed by atoms with van der Waals surface area (Å²) in [6.07, 6.45) is 3.45. The molecule has 1 aromatic heterocycles. The van der Waals surface area contributed by atoms with Crippen LogP contribution in [-0.2, 0) is 0 Å². The van der Waals surface area contributed by atoms with E-state index in [4.69, 9.17) is 10.8 Å². The van der Waals surface area contributed by atoms with E-state index in [2.05, 4.69) is 9.97 Å². The third kappa shape index (κ3) is 2.43. The molecule has 0 spiro atoms. The summed E-state index contributed by atoms with van der Waals surface area (Å²) in [6, 6.07) is 7.63. The second-order valence-corrected chi connectivity index (χ2v) is 4.40. The van der Waals surface area contributed by atoms with Crippen molar-refractivity contribution in [2.75, 3.05) is 12.0 Å². The molecule has 3 N–H and O–H groups in total. The zero-order valence-electron chi connectivity index (χ0n) is 9.62. The van der Waals surface area contributed by atoms with Gasteiger partial charge in [0.25, 0.3) is 0 Å². The molecular weight excluding hydrogens is 250 g/mol. The summed E-state index contributed by atoms with van der Waals surface area (Å²) in [5.41, 5.74) is 6.54. The molecule has 1 heterocycles. The van der Waals surface area contributed by atoms with Crippen molar-refractivity contribution in [2.45, 2.75) is 4.90 Å². The minimum atomic E-state index is -1.18. The number of nitrogen functional groups attached to an aromatic ring is 1. The van der Waals surface area contributed by atoms with Gasteiger partial charge in [0.2, 0.25) is 0 Å². The lowest BCUT2D eigenvalue weighted by atomic mass is 10.1. The third-order valence-corrected chi connectivity index (χ3v) is 3.13. The first-order valence-corrected chi connectivity index (χ1v) is 6.34. The van der Waals surface area contributed by atoms with Gasteiger partial charge in [0.05, 0.1) is 11.9 Å². The fraction of sp³-hybridized carbons (Fsp3) is 0.0833. The number of aromatic carboxylic acids is 1. The molecule has 2 rings (SSSR count). The summed E-state index contributed by atoms with van der Waals surface area (Å²) in [5.74, 6) is -1.26. The molecule has 6 heteroatoms. The Morgan fingerprint density at radius 1 is 1.33 bits per heavy atom. The van der Waals surface area contributed by atoms with Crippen LogP contribution in [0.1, 0.15) is 10.5 Å². The Balaban J connectivity index is 2.44. The van der Waals surface area contributed by atoms with Gasteiger partial charge in [0.1, 0.15) is 0 Å². The zero-order valence-corrected chi connectivity index (χ0v) is 10.4. The van der Waals surface area contributed by atoms with Gasteiger partial charge in [0.15, 0.2) is 11.5 Å². The normalized spacial score (nSPS) is 10.3. The maximum atomic E-state index is 10.9. The lowest BCUT2D eigenvalue weighted by Gasteiger charge is -2.04. The van der Waals surface area contributed by atoms with Crippen LogP contribution in [0.3, 0.4) is 0 Å². The number of hydrogen-bond acceptors (Lipinski definition) is 5. The predicted octanol–water partition coefficient (Wildman–Crippen LogP) is 2.15. The molecule has 5 nitrogen and oxygen atoms in total. The third-order valence-electron chi connectivity index (χ3n) is 2.39.